The maximum absolute atomic E-state index is 11.9. The molecular weight excluding hydrogens is 276 g/mol. The highest BCUT2D eigenvalue weighted by Gasteiger charge is 2.11. The fourth-order valence-corrected chi connectivity index (χ4v) is 2.38. The van der Waals surface area contributed by atoms with Crippen LogP contribution in [0.4, 0.5) is 0 Å². The van der Waals surface area contributed by atoms with Gasteiger partial charge in [0.2, 0.25) is 5.88 Å². The highest BCUT2D eigenvalue weighted by atomic mass is 16.5. The summed E-state index contributed by atoms with van der Waals surface area (Å²) < 4.78 is 5.34. The molecule has 22 heavy (non-hydrogen) atoms. The Balaban J connectivity index is 2.12. The number of carbonyl (C=O) groups is 1. The Bertz CT molecular complexity index is 826. The first-order valence-electron chi connectivity index (χ1n) is 7.19. The van der Waals surface area contributed by atoms with Crippen molar-refractivity contribution in [2.45, 2.75) is 13.8 Å². The predicted octanol–water partition coefficient (Wildman–Crippen LogP) is 3.90. The van der Waals surface area contributed by atoms with E-state index in [0.29, 0.717) is 18.1 Å². The van der Waals surface area contributed by atoms with E-state index in [2.05, 4.69) is 9.97 Å². The molecule has 0 radical (unpaired) electrons. The molecule has 0 N–H and O–H groups in total. The Morgan fingerprint density at radius 3 is 2.68 bits per heavy atom. The van der Waals surface area contributed by atoms with E-state index in [1.807, 2.05) is 49.4 Å². The molecule has 0 aliphatic carbocycles. The van der Waals surface area contributed by atoms with Gasteiger partial charge in [0, 0.05) is 28.8 Å². The molecule has 0 aliphatic heterocycles. The first-order chi connectivity index (χ1) is 10.7. The number of carbonyl (C=O) groups excluding carboxylic acids is 1. The van der Waals surface area contributed by atoms with Crippen LogP contribution in [0, 0.1) is 0 Å². The largest absolute Gasteiger partial charge is 0.478 e. The summed E-state index contributed by atoms with van der Waals surface area (Å²) in [6, 6.07) is 13.2. The van der Waals surface area contributed by atoms with Crippen molar-refractivity contribution in [1.29, 1.82) is 0 Å². The molecule has 0 saturated heterocycles. The molecule has 0 fully saturated rings. The van der Waals surface area contributed by atoms with Crippen LogP contribution in [0.25, 0.3) is 22.2 Å². The molecule has 0 atom stereocenters. The molecule has 4 nitrogen and oxygen atoms in total. The van der Waals surface area contributed by atoms with Crippen molar-refractivity contribution in [3.8, 4) is 17.1 Å². The van der Waals surface area contributed by atoms with Crippen molar-refractivity contribution in [2.24, 2.45) is 0 Å². The number of hydrogen-bond acceptors (Lipinski definition) is 4. The van der Waals surface area contributed by atoms with E-state index in [1.54, 1.807) is 13.1 Å². The lowest BCUT2D eigenvalue weighted by molar-refractivity contribution is 0.101. The molecule has 3 aromatic rings. The molecule has 0 bridgehead atoms. The first kappa shape index (κ1) is 14.2. The number of para-hydroxylation sites is 1. The number of aromatic nitrogens is 2. The molecule has 3 rings (SSSR count). The molecular formula is C18H16N2O2. The third-order valence-corrected chi connectivity index (χ3v) is 3.42. The number of ether oxygens (including phenoxy) is 1. The maximum atomic E-state index is 11.9. The van der Waals surface area contributed by atoms with Crippen molar-refractivity contribution >= 4 is 16.7 Å². The van der Waals surface area contributed by atoms with Crippen LogP contribution in [0.5, 0.6) is 5.88 Å². The average molecular weight is 292 g/mol. The van der Waals surface area contributed by atoms with Gasteiger partial charge < -0.3 is 4.74 Å². The Hall–Kier alpha value is -2.75. The first-order valence-corrected chi connectivity index (χ1v) is 7.19. The summed E-state index contributed by atoms with van der Waals surface area (Å²) in [5.41, 5.74) is 3.07. The van der Waals surface area contributed by atoms with Gasteiger partial charge in [0.25, 0.3) is 0 Å². The Kier molecular flexibility index (Phi) is 3.83. The van der Waals surface area contributed by atoms with Gasteiger partial charge in [-0.25, -0.2) is 9.97 Å². The summed E-state index contributed by atoms with van der Waals surface area (Å²) in [6.07, 6.45) is 1.71. The molecule has 0 aliphatic rings. The van der Waals surface area contributed by atoms with Crippen LogP contribution < -0.4 is 4.74 Å². The third kappa shape index (κ3) is 2.68. The molecule has 0 amide bonds. The zero-order valence-corrected chi connectivity index (χ0v) is 12.5. The topological polar surface area (TPSA) is 52.1 Å². The fourth-order valence-electron chi connectivity index (χ4n) is 2.38. The Labute approximate surface area is 128 Å². The highest BCUT2D eigenvalue weighted by molar-refractivity contribution is 6.07. The second-order valence-electron chi connectivity index (χ2n) is 4.95. The van der Waals surface area contributed by atoms with Gasteiger partial charge in [-0.05, 0) is 32.0 Å². The Morgan fingerprint density at radius 2 is 2.00 bits per heavy atom. The summed E-state index contributed by atoms with van der Waals surface area (Å²) in [7, 11) is 0. The van der Waals surface area contributed by atoms with Crippen LogP contribution in [-0.2, 0) is 0 Å². The van der Waals surface area contributed by atoms with Gasteiger partial charge in [-0.3, -0.25) is 4.79 Å². The monoisotopic (exact) mass is 292 g/mol. The summed E-state index contributed by atoms with van der Waals surface area (Å²) in [6.45, 7) is 4.07. The van der Waals surface area contributed by atoms with E-state index in [0.717, 1.165) is 22.2 Å². The lowest BCUT2D eigenvalue weighted by Crippen LogP contribution is -1.98. The van der Waals surface area contributed by atoms with E-state index in [4.69, 9.17) is 4.74 Å². The lowest BCUT2D eigenvalue weighted by atomic mass is 10.0. The second-order valence-corrected chi connectivity index (χ2v) is 4.95. The molecule has 0 unspecified atom stereocenters. The minimum Gasteiger partial charge on any atom is -0.478 e. The quantitative estimate of drug-likeness (QED) is 0.684. The van der Waals surface area contributed by atoms with E-state index < -0.39 is 0 Å². The normalized spacial score (nSPS) is 10.6. The number of fused-ring (bicyclic) bond motifs is 1. The molecule has 2 aromatic heterocycles. The number of pyridine rings is 2. The van der Waals surface area contributed by atoms with Crippen LogP contribution >= 0.6 is 0 Å². The van der Waals surface area contributed by atoms with Gasteiger partial charge in [-0.15, -0.1) is 0 Å². The van der Waals surface area contributed by atoms with Gasteiger partial charge in [0.15, 0.2) is 5.78 Å². The zero-order valence-electron chi connectivity index (χ0n) is 12.5. The van der Waals surface area contributed by atoms with Crippen molar-refractivity contribution in [3.05, 3.63) is 54.2 Å². The SMILES string of the molecule is CCOc1ccc(-c2cc(C(C)=O)c3ccccc3n2)cn1. The third-order valence-electron chi connectivity index (χ3n) is 3.42. The molecule has 4 heteroatoms. The van der Waals surface area contributed by atoms with Gasteiger partial charge in [0.05, 0.1) is 17.8 Å². The predicted molar refractivity (Wildman–Crippen MR) is 86.1 cm³/mol. The zero-order chi connectivity index (χ0) is 15.5. The fraction of sp³-hybridized carbons (Fsp3) is 0.167. The van der Waals surface area contributed by atoms with Gasteiger partial charge in [-0.2, -0.15) is 0 Å². The number of nitrogens with zero attached hydrogens (tertiary/aromatic N) is 2. The number of rotatable bonds is 4. The van der Waals surface area contributed by atoms with Gasteiger partial charge in [0.1, 0.15) is 0 Å². The van der Waals surface area contributed by atoms with E-state index >= 15 is 0 Å². The summed E-state index contributed by atoms with van der Waals surface area (Å²) >= 11 is 0. The summed E-state index contributed by atoms with van der Waals surface area (Å²) in [4.78, 5) is 20.8. The van der Waals surface area contributed by atoms with Gasteiger partial charge in [-0.1, -0.05) is 18.2 Å². The van der Waals surface area contributed by atoms with Crippen LogP contribution in [-0.4, -0.2) is 22.4 Å². The maximum Gasteiger partial charge on any atom is 0.213 e. The number of ketones is 1. The number of Topliss-reactive ketones (excluding diaryl/α,β-unsaturated/α-hetero) is 1. The van der Waals surface area contributed by atoms with Crippen molar-refractivity contribution < 1.29 is 9.53 Å². The van der Waals surface area contributed by atoms with Crippen molar-refractivity contribution in [1.82, 2.24) is 9.97 Å². The molecule has 1 aromatic carbocycles. The van der Waals surface area contributed by atoms with E-state index in [9.17, 15) is 4.79 Å². The number of hydrogen-bond donors (Lipinski definition) is 0. The molecule has 0 saturated carbocycles. The average Bonchev–Trinajstić information content (AvgIpc) is 2.54. The number of benzene rings is 1. The van der Waals surface area contributed by atoms with E-state index in [1.165, 1.54) is 0 Å². The molecule has 110 valence electrons. The Morgan fingerprint density at radius 1 is 1.18 bits per heavy atom. The minimum atomic E-state index is 0.0266. The smallest absolute Gasteiger partial charge is 0.213 e. The van der Waals surface area contributed by atoms with Gasteiger partial charge >= 0.3 is 0 Å². The highest BCUT2D eigenvalue weighted by Crippen LogP contribution is 2.25. The summed E-state index contributed by atoms with van der Waals surface area (Å²) in [5.74, 6) is 0.609. The van der Waals surface area contributed by atoms with E-state index in [-0.39, 0.29) is 5.78 Å². The van der Waals surface area contributed by atoms with Crippen LogP contribution in [0.1, 0.15) is 24.2 Å². The molecule has 0 spiro atoms. The van der Waals surface area contributed by atoms with Crippen molar-refractivity contribution in [3.63, 3.8) is 0 Å². The standard InChI is InChI=1S/C18H16N2O2/c1-3-22-18-9-8-13(11-19-18)17-10-15(12(2)21)14-6-4-5-7-16(14)20-17/h4-11H,3H2,1-2H3. The second kappa shape index (κ2) is 5.93. The van der Waals surface area contributed by atoms with Crippen molar-refractivity contribution in [2.75, 3.05) is 6.61 Å². The minimum absolute atomic E-state index is 0.0266. The lowest BCUT2D eigenvalue weighted by Gasteiger charge is -2.08. The van der Waals surface area contributed by atoms with Crippen LogP contribution in [0.3, 0.4) is 0 Å². The van der Waals surface area contributed by atoms with Crippen LogP contribution in [0.15, 0.2) is 48.7 Å². The van der Waals surface area contributed by atoms with Crippen LogP contribution in [0.2, 0.25) is 0 Å². The molecule has 2 heterocycles. The summed E-state index contributed by atoms with van der Waals surface area (Å²) in [5, 5.41) is 0.873.